The maximum atomic E-state index is 12.5. The third kappa shape index (κ3) is 6.42. The van der Waals surface area contributed by atoms with Gasteiger partial charge >= 0.3 is 12.3 Å². The summed E-state index contributed by atoms with van der Waals surface area (Å²) in [5.74, 6) is 0.868. The van der Waals surface area contributed by atoms with Crippen LogP contribution in [0.5, 0.6) is 5.75 Å². The summed E-state index contributed by atoms with van der Waals surface area (Å²) in [4.78, 5) is 13.7. The van der Waals surface area contributed by atoms with Crippen molar-refractivity contribution in [3.63, 3.8) is 0 Å². The highest BCUT2D eigenvalue weighted by molar-refractivity contribution is 5.68. The lowest BCUT2D eigenvalue weighted by Crippen LogP contribution is -2.41. The molecule has 0 aromatic heterocycles. The zero-order chi connectivity index (χ0) is 19.4. The zero-order valence-corrected chi connectivity index (χ0v) is 15.4. The van der Waals surface area contributed by atoms with Gasteiger partial charge in [0, 0.05) is 13.1 Å². The maximum Gasteiger partial charge on any atom is 0.416 e. The number of nitrogens with zero attached hydrogens (tertiary/aromatic N) is 1. The van der Waals surface area contributed by atoms with Crippen LogP contribution in [0.1, 0.15) is 45.6 Å². The van der Waals surface area contributed by atoms with Gasteiger partial charge in [0.2, 0.25) is 0 Å². The molecule has 0 aliphatic carbocycles. The first kappa shape index (κ1) is 20.4. The molecule has 1 amide bonds. The average molecular weight is 373 g/mol. The highest BCUT2D eigenvalue weighted by Crippen LogP contribution is 2.30. The van der Waals surface area contributed by atoms with Crippen LogP contribution in [-0.2, 0) is 10.9 Å². The molecule has 1 heterocycles. The standard InChI is InChI=1S/C19H26F3NO3/c1-18(2,3)26-17(24)23-11-8-14(9-12-23)10-13-25-16-6-4-15(5-7-16)19(20,21)22/h4-7,14H,8-13H2,1-3H3. The lowest BCUT2D eigenvalue weighted by molar-refractivity contribution is -0.137. The second kappa shape index (κ2) is 8.18. The fourth-order valence-electron chi connectivity index (χ4n) is 2.81. The molecule has 2 rings (SSSR count). The van der Waals surface area contributed by atoms with Gasteiger partial charge in [-0.3, -0.25) is 0 Å². The molecule has 1 aromatic carbocycles. The minimum absolute atomic E-state index is 0.281. The Bertz CT molecular complexity index is 586. The largest absolute Gasteiger partial charge is 0.494 e. The van der Waals surface area contributed by atoms with E-state index in [1.807, 2.05) is 20.8 Å². The third-order valence-corrected chi connectivity index (χ3v) is 4.24. The second-order valence-corrected chi connectivity index (χ2v) is 7.57. The number of ether oxygens (including phenoxy) is 2. The summed E-state index contributed by atoms with van der Waals surface area (Å²) in [5, 5.41) is 0. The van der Waals surface area contributed by atoms with E-state index in [0.717, 1.165) is 31.4 Å². The van der Waals surface area contributed by atoms with Gasteiger partial charge in [-0.15, -0.1) is 0 Å². The van der Waals surface area contributed by atoms with Crippen molar-refractivity contribution in [3.05, 3.63) is 29.8 Å². The molecule has 1 saturated heterocycles. The maximum absolute atomic E-state index is 12.5. The number of hydrogen-bond donors (Lipinski definition) is 0. The van der Waals surface area contributed by atoms with Gasteiger partial charge in [0.05, 0.1) is 12.2 Å². The Morgan fingerprint density at radius 2 is 1.69 bits per heavy atom. The van der Waals surface area contributed by atoms with E-state index in [1.54, 1.807) is 4.90 Å². The van der Waals surface area contributed by atoms with Crippen LogP contribution in [0.15, 0.2) is 24.3 Å². The molecule has 0 atom stereocenters. The lowest BCUT2D eigenvalue weighted by Gasteiger charge is -2.33. The Kier molecular flexibility index (Phi) is 6.42. The molecule has 4 nitrogen and oxygen atoms in total. The second-order valence-electron chi connectivity index (χ2n) is 7.57. The minimum Gasteiger partial charge on any atom is -0.494 e. The van der Waals surface area contributed by atoms with Gasteiger partial charge in [-0.1, -0.05) is 0 Å². The van der Waals surface area contributed by atoms with Crippen molar-refractivity contribution in [1.29, 1.82) is 0 Å². The molecule has 0 radical (unpaired) electrons. The van der Waals surface area contributed by atoms with Crippen LogP contribution >= 0.6 is 0 Å². The van der Waals surface area contributed by atoms with Crippen LogP contribution in [0.2, 0.25) is 0 Å². The summed E-state index contributed by atoms with van der Waals surface area (Å²) < 4.78 is 48.5. The molecular formula is C19H26F3NO3. The topological polar surface area (TPSA) is 38.8 Å². The van der Waals surface area contributed by atoms with Crippen LogP contribution in [0, 0.1) is 5.92 Å². The minimum atomic E-state index is -4.33. The Morgan fingerprint density at radius 1 is 1.12 bits per heavy atom. The van der Waals surface area contributed by atoms with Gasteiger partial charge < -0.3 is 14.4 Å². The summed E-state index contributed by atoms with van der Waals surface area (Å²) in [7, 11) is 0. The van der Waals surface area contributed by atoms with E-state index < -0.39 is 17.3 Å². The number of alkyl halides is 3. The number of hydrogen-bond acceptors (Lipinski definition) is 3. The van der Waals surface area contributed by atoms with E-state index in [1.165, 1.54) is 12.1 Å². The normalized spacial score (nSPS) is 16.5. The molecule has 0 unspecified atom stereocenters. The van der Waals surface area contributed by atoms with Crippen molar-refractivity contribution in [1.82, 2.24) is 4.90 Å². The van der Waals surface area contributed by atoms with Gasteiger partial charge in [-0.05, 0) is 70.2 Å². The van der Waals surface area contributed by atoms with Gasteiger partial charge in [0.25, 0.3) is 0 Å². The summed E-state index contributed by atoms with van der Waals surface area (Å²) in [6.45, 7) is 7.28. The zero-order valence-electron chi connectivity index (χ0n) is 15.4. The van der Waals surface area contributed by atoms with Gasteiger partial charge in [-0.25, -0.2) is 4.79 Å². The van der Waals surface area contributed by atoms with Crippen molar-refractivity contribution in [2.24, 2.45) is 5.92 Å². The van der Waals surface area contributed by atoms with E-state index in [9.17, 15) is 18.0 Å². The Labute approximate surface area is 152 Å². The Balaban J connectivity index is 1.70. The van der Waals surface area contributed by atoms with E-state index in [2.05, 4.69) is 0 Å². The molecule has 0 spiro atoms. The lowest BCUT2D eigenvalue weighted by atomic mass is 9.94. The fraction of sp³-hybridized carbons (Fsp3) is 0.632. The first-order valence-electron chi connectivity index (χ1n) is 8.82. The van der Waals surface area contributed by atoms with Crippen molar-refractivity contribution in [2.75, 3.05) is 19.7 Å². The van der Waals surface area contributed by atoms with Crippen molar-refractivity contribution < 1.29 is 27.4 Å². The summed E-state index contributed by atoms with van der Waals surface area (Å²) in [6, 6.07) is 4.73. The number of piperidine rings is 1. The number of halogens is 3. The molecule has 146 valence electrons. The van der Waals surface area contributed by atoms with E-state index in [-0.39, 0.29) is 6.09 Å². The third-order valence-electron chi connectivity index (χ3n) is 4.24. The SMILES string of the molecule is CC(C)(C)OC(=O)N1CCC(CCOc2ccc(C(F)(F)F)cc2)CC1. The fourth-order valence-corrected chi connectivity index (χ4v) is 2.81. The van der Waals surface area contributed by atoms with Crippen molar-refractivity contribution in [3.8, 4) is 5.75 Å². The average Bonchev–Trinajstić information content (AvgIpc) is 2.53. The molecule has 1 aliphatic heterocycles. The molecule has 7 heteroatoms. The predicted octanol–water partition coefficient (Wildman–Crippen LogP) is 5.12. The molecule has 0 saturated carbocycles. The molecule has 1 fully saturated rings. The molecule has 26 heavy (non-hydrogen) atoms. The number of benzene rings is 1. The van der Waals surface area contributed by atoms with Crippen LogP contribution in [0.4, 0.5) is 18.0 Å². The van der Waals surface area contributed by atoms with Gasteiger partial charge in [-0.2, -0.15) is 13.2 Å². The molecule has 0 bridgehead atoms. The Morgan fingerprint density at radius 3 is 2.19 bits per heavy atom. The van der Waals surface area contributed by atoms with E-state index >= 15 is 0 Å². The van der Waals surface area contributed by atoms with E-state index in [0.29, 0.717) is 31.4 Å². The number of rotatable bonds is 4. The van der Waals surface area contributed by atoms with Crippen molar-refractivity contribution >= 4 is 6.09 Å². The first-order chi connectivity index (χ1) is 12.0. The van der Waals surface area contributed by atoms with Gasteiger partial charge in [0.1, 0.15) is 11.4 Å². The number of carbonyl (C=O) groups is 1. The number of carbonyl (C=O) groups excluding carboxylic acids is 1. The van der Waals surface area contributed by atoms with Crippen LogP contribution < -0.4 is 4.74 Å². The smallest absolute Gasteiger partial charge is 0.416 e. The van der Waals surface area contributed by atoms with Crippen LogP contribution in [-0.4, -0.2) is 36.3 Å². The van der Waals surface area contributed by atoms with Crippen molar-refractivity contribution in [2.45, 2.75) is 51.8 Å². The monoisotopic (exact) mass is 373 g/mol. The Hall–Kier alpha value is -1.92. The summed E-state index contributed by atoms with van der Waals surface area (Å²) in [6.07, 6.45) is -2.06. The molecular weight excluding hydrogens is 347 g/mol. The summed E-state index contributed by atoms with van der Waals surface area (Å²) in [5.41, 5.74) is -1.18. The highest BCUT2D eigenvalue weighted by Gasteiger charge is 2.30. The first-order valence-corrected chi connectivity index (χ1v) is 8.82. The molecule has 1 aromatic rings. The predicted molar refractivity (Wildman–Crippen MR) is 92.1 cm³/mol. The number of amides is 1. The van der Waals surface area contributed by atoms with Crippen LogP contribution in [0.3, 0.4) is 0 Å². The highest BCUT2D eigenvalue weighted by atomic mass is 19.4. The molecule has 0 N–H and O–H groups in total. The molecule has 1 aliphatic rings. The number of likely N-dealkylation sites (tertiary alicyclic amines) is 1. The summed E-state index contributed by atoms with van der Waals surface area (Å²) >= 11 is 0. The van der Waals surface area contributed by atoms with Crippen LogP contribution in [0.25, 0.3) is 0 Å². The van der Waals surface area contributed by atoms with Gasteiger partial charge in [0.15, 0.2) is 0 Å². The quantitative estimate of drug-likeness (QED) is 0.735. The van der Waals surface area contributed by atoms with E-state index in [4.69, 9.17) is 9.47 Å².